The highest BCUT2D eigenvalue weighted by atomic mass is 19.3. The Labute approximate surface area is 180 Å². The van der Waals surface area contributed by atoms with Crippen LogP contribution in [0.25, 0.3) is 0 Å². The van der Waals surface area contributed by atoms with E-state index >= 15 is 0 Å². The third kappa shape index (κ3) is 5.65. The van der Waals surface area contributed by atoms with Crippen LogP contribution >= 0.6 is 0 Å². The molecule has 0 saturated carbocycles. The van der Waals surface area contributed by atoms with E-state index in [0.717, 1.165) is 17.0 Å². The molecule has 3 rings (SSSR count). The van der Waals surface area contributed by atoms with Crippen molar-refractivity contribution < 1.29 is 41.5 Å². The fourth-order valence-electron chi connectivity index (χ4n) is 3.43. The first-order valence-corrected chi connectivity index (χ1v) is 9.81. The highest BCUT2D eigenvalue weighted by Gasteiger charge is 2.34. The maximum atomic E-state index is 14.8. The summed E-state index contributed by atoms with van der Waals surface area (Å²) in [4.78, 5) is 42.1. The lowest BCUT2D eigenvalue weighted by atomic mass is 10.2. The number of carbonyl (C=O) groups excluding carboxylic acids is 3. The Morgan fingerprint density at radius 3 is 2.50 bits per heavy atom. The van der Waals surface area contributed by atoms with Gasteiger partial charge in [-0.05, 0) is 6.92 Å². The molecule has 2 heterocycles. The van der Waals surface area contributed by atoms with Gasteiger partial charge in [-0.1, -0.05) is 0 Å². The van der Waals surface area contributed by atoms with Crippen molar-refractivity contribution >= 4 is 29.2 Å². The molecule has 1 atom stereocenters. The number of amides is 2. The van der Waals surface area contributed by atoms with Crippen molar-refractivity contribution in [2.75, 3.05) is 55.7 Å². The zero-order valence-electron chi connectivity index (χ0n) is 17.2. The number of ether oxygens (including phenoxy) is 1. The monoisotopic (exact) mass is 462 g/mol. The zero-order chi connectivity index (χ0) is 23.4. The molecule has 1 aromatic rings. The minimum absolute atomic E-state index is 0.0632. The number of nitrogens with zero attached hydrogens (tertiary/aromatic N) is 3. The molecule has 0 radical (unpaired) electrons. The largest absolute Gasteiger partial charge is 0.442 e. The van der Waals surface area contributed by atoms with Gasteiger partial charge in [0.15, 0.2) is 11.6 Å². The first kappa shape index (κ1) is 23.7. The van der Waals surface area contributed by atoms with Gasteiger partial charge in [0, 0.05) is 31.8 Å². The Balaban J connectivity index is 1.68. The highest BCUT2D eigenvalue weighted by Crippen LogP contribution is 2.31. The van der Waals surface area contributed by atoms with E-state index in [1.54, 1.807) is 0 Å². The number of halogens is 4. The van der Waals surface area contributed by atoms with Crippen molar-refractivity contribution in [2.45, 2.75) is 19.5 Å². The number of alkyl halides is 2. The smallest absolute Gasteiger partial charge is 0.414 e. The molecule has 2 fully saturated rings. The fraction of sp³-hybridized carbons (Fsp3) is 0.526. The average molecular weight is 462 g/mol. The molecule has 9 nitrogen and oxygen atoms in total. The molecule has 0 bridgehead atoms. The van der Waals surface area contributed by atoms with Crippen LogP contribution in [-0.2, 0) is 19.2 Å². The van der Waals surface area contributed by atoms with Gasteiger partial charge >= 0.3 is 12.5 Å². The van der Waals surface area contributed by atoms with E-state index in [1.807, 2.05) is 5.32 Å². The van der Waals surface area contributed by atoms with Crippen LogP contribution in [0.15, 0.2) is 12.1 Å². The van der Waals surface area contributed by atoms with E-state index in [0.29, 0.717) is 0 Å². The van der Waals surface area contributed by atoms with E-state index in [4.69, 9.17) is 9.57 Å². The molecule has 13 heteroatoms. The maximum absolute atomic E-state index is 14.8. The van der Waals surface area contributed by atoms with Gasteiger partial charge in [0.05, 0.1) is 31.9 Å². The number of cyclic esters (lactones) is 1. The third-order valence-corrected chi connectivity index (χ3v) is 4.86. The van der Waals surface area contributed by atoms with Gasteiger partial charge < -0.3 is 15.0 Å². The molecule has 2 saturated heterocycles. The number of benzene rings is 1. The van der Waals surface area contributed by atoms with E-state index in [-0.39, 0.29) is 63.0 Å². The van der Waals surface area contributed by atoms with Crippen molar-refractivity contribution in [1.82, 2.24) is 10.4 Å². The summed E-state index contributed by atoms with van der Waals surface area (Å²) in [5.74, 6) is -3.45. The van der Waals surface area contributed by atoms with Gasteiger partial charge in [-0.15, -0.1) is 0 Å². The molecule has 2 aliphatic heterocycles. The summed E-state index contributed by atoms with van der Waals surface area (Å²) in [6.45, 7) is 1.69. The number of hydrogen-bond acceptors (Lipinski definition) is 7. The van der Waals surface area contributed by atoms with Crippen molar-refractivity contribution in [2.24, 2.45) is 0 Å². The fourth-order valence-corrected chi connectivity index (χ4v) is 3.43. The number of anilines is 2. The van der Waals surface area contributed by atoms with Gasteiger partial charge in [0.25, 0.3) is 5.91 Å². The van der Waals surface area contributed by atoms with E-state index < -0.39 is 36.2 Å². The van der Waals surface area contributed by atoms with Crippen LogP contribution < -0.4 is 15.1 Å². The molecular formula is C19H22F4N4O5. The molecule has 0 unspecified atom stereocenters. The lowest BCUT2D eigenvalue weighted by Gasteiger charge is -2.24. The van der Waals surface area contributed by atoms with Crippen LogP contribution in [0.1, 0.15) is 6.92 Å². The molecule has 2 aliphatic rings. The van der Waals surface area contributed by atoms with Crippen LogP contribution in [0.5, 0.6) is 0 Å². The predicted molar refractivity (Wildman–Crippen MR) is 103 cm³/mol. The number of rotatable bonds is 7. The number of carbonyl (C=O) groups is 3. The van der Waals surface area contributed by atoms with Crippen LogP contribution in [0.3, 0.4) is 0 Å². The lowest BCUT2D eigenvalue weighted by Crippen LogP contribution is -2.37. The van der Waals surface area contributed by atoms with E-state index in [1.165, 1.54) is 16.9 Å². The molecular weight excluding hydrogens is 440 g/mol. The van der Waals surface area contributed by atoms with Crippen molar-refractivity contribution in [3.8, 4) is 0 Å². The van der Waals surface area contributed by atoms with Crippen LogP contribution in [-0.4, -0.2) is 81.3 Å². The molecule has 0 aliphatic carbocycles. The number of ketones is 1. The van der Waals surface area contributed by atoms with Crippen LogP contribution in [0.4, 0.5) is 33.7 Å². The number of hydrogen-bond donors (Lipinski definition) is 1. The van der Waals surface area contributed by atoms with Crippen LogP contribution in [0, 0.1) is 11.6 Å². The van der Waals surface area contributed by atoms with Gasteiger partial charge in [-0.3, -0.25) is 19.3 Å². The Morgan fingerprint density at radius 1 is 1.19 bits per heavy atom. The van der Waals surface area contributed by atoms with E-state index in [9.17, 15) is 31.9 Å². The van der Waals surface area contributed by atoms with Crippen molar-refractivity contribution in [3.63, 3.8) is 0 Å². The average Bonchev–Trinajstić information content (AvgIpc) is 2.93. The Kier molecular flexibility index (Phi) is 7.51. The minimum atomic E-state index is -3.21. The Morgan fingerprint density at radius 2 is 1.88 bits per heavy atom. The maximum Gasteiger partial charge on any atom is 0.414 e. The van der Waals surface area contributed by atoms with Crippen LogP contribution in [0.2, 0.25) is 0 Å². The normalized spacial score (nSPS) is 19.8. The molecule has 176 valence electrons. The second-order valence-corrected chi connectivity index (χ2v) is 7.31. The summed E-state index contributed by atoms with van der Waals surface area (Å²) in [5.41, 5.74) is -0.406. The Hall–Kier alpha value is -2.93. The molecule has 32 heavy (non-hydrogen) atoms. The lowest BCUT2D eigenvalue weighted by molar-refractivity contribution is -0.157. The van der Waals surface area contributed by atoms with Gasteiger partial charge in [0.1, 0.15) is 17.6 Å². The summed E-state index contributed by atoms with van der Waals surface area (Å²) >= 11 is 0. The molecule has 0 aromatic heterocycles. The molecule has 1 aromatic carbocycles. The number of nitrogens with one attached hydrogen (secondary N) is 1. The Bertz CT molecular complexity index is 864. The quantitative estimate of drug-likeness (QED) is 0.611. The first-order valence-electron chi connectivity index (χ1n) is 9.81. The second-order valence-electron chi connectivity index (χ2n) is 7.31. The first-order chi connectivity index (χ1) is 15.2. The summed E-state index contributed by atoms with van der Waals surface area (Å²) in [6.07, 6.45) is -5.08. The summed E-state index contributed by atoms with van der Waals surface area (Å²) in [7, 11) is 0. The summed E-state index contributed by atoms with van der Waals surface area (Å²) in [6, 6.07) is 1.94. The summed E-state index contributed by atoms with van der Waals surface area (Å²) in [5, 5.41) is 3.36. The SMILES string of the molecule is CC(=O)CN1CCN(c2c(F)cc(N3C[C@H](CNC(=O)C(F)F)OC3=O)cc2F)CCO1. The van der Waals surface area contributed by atoms with Crippen molar-refractivity contribution in [3.05, 3.63) is 23.8 Å². The van der Waals surface area contributed by atoms with Gasteiger partial charge in [0.2, 0.25) is 0 Å². The zero-order valence-corrected chi connectivity index (χ0v) is 17.2. The predicted octanol–water partition coefficient (Wildman–Crippen LogP) is 1.31. The third-order valence-electron chi connectivity index (χ3n) is 4.86. The topological polar surface area (TPSA) is 91.4 Å². The van der Waals surface area contributed by atoms with Crippen molar-refractivity contribution in [1.29, 1.82) is 0 Å². The van der Waals surface area contributed by atoms with Gasteiger partial charge in [-0.25, -0.2) is 13.6 Å². The molecule has 1 N–H and O–H groups in total. The van der Waals surface area contributed by atoms with Gasteiger partial charge in [-0.2, -0.15) is 13.8 Å². The summed E-state index contributed by atoms with van der Waals surface area (Å²) < 4.78 is 59.2. The molecule has 2 amide bonds. The van der Waals surface area contributed by atoms with E-state index in [2.05, 4.69) is 0 Å². The standard InChI is InChI=1S/C19H22F4N4O5/c1-11(28)9-26-3-2-25(4-5-31-26)16-14(20)6-12(7-15(16)21)27-10-13(32-19(27)30)8-24-18(29)17(22)23/h6-7,13,17H,2-5,8-10H2,1H3,(H,24,29)/t13-/m0/s1. The second kappa shape index (κ2) is 10.1. The molecule has 0 spiro atoms. The minimum Gasteiger partial charge on any atom is -0.442 e. The number of hydroxylamine groups is 2. The highest BCUT2D eigenvalue weighted by molar-refractivity contribution is 5.90. The number of Topliss-reactive ketones (excluding diaryl/α,β-unsaturated/α-hetero) is 1.